The summed E-state index contributed by atoms with van der Waals surface area (Å²) in [5, 5.41) is 0. The first-order chi connectivity index (χ1) is 17.2. The summed E-state index contributed by atoms with van der Waals surface area (Å²) in [7, 11) is 0. The Morgan fingerprint density at radius 2 is 1.64 bits per heavy atom. The average molecular weight is 494 g/mol. The normalized spacial score (nSPS) is 24.6. The van der Waals surface area contributed by atoms with Gasteiger partial charge in [-0.15, -0.1) is 0 Å². The van der Waals surface area contributed by atoms with Crippen molar-refractivity contribution in [3.8, 4) is 5.75 Å². The molecule has 0 aromatic heterocycles. The third-order valence-electron chi connectivity index (χ3n) is 7.04. The predicted octanol–water partition coefficient (Wildman–Crippen LogP) is 6.28. The largest absolute Gasteiger partial charge is 0.489 e. The maximum atomic E-state index is 12.7. The van der Waals surface area contributed by atoms with E-state index in [2.05, 4.69) is 30.3 Å². The molecule has 36 heavy (non-hydrogen) atoms. The van der Waals surface area contributed by atoms with Gasteiger partial charge in [0.25, 0.3) is 0 Å². The van der Waals surface area contributed by atoms with Gasteiger partial charge in [-0.05, 0) is 76.5 Å². The number of hydrogen-bond acceptors (Lipinski definition) is 5. The molecule has 2 aromatic carbocycles. The second-order valence-corrected chi connectivity index (χ2v) is 11.0. The summed E-state index contributed by atoms with van der Waals surface area (Å²) in [4.78, 5) is 26.9. The van der Waals surface area contributed by atoms with Gasteiger partial charge in [0, 0.05) is 12.5 Å². The maximum Gasteiger partial charge on any atom is 0.411 e. The van der Waals surface area contributed by atoms with Gasteiger partial charge in [0.05, 0.1) is 12.7 Å². The Morgan fingerprint density at radius 1 is 0.972 bits per heavy atom. The molecule has 2 aliphatic rings. The molecule has 0 bridgehead atoms. The van der Waals surface area contributed by atoms with E-state index in [1.54, 1.807) is 4.90 Å². The highest BCUT2D eigenvalue weighted by molar-refractivity contribution is 5.91. The first kappa shape index (κ1) is 26.2. The van der Waals surface area contributed by atoms with E-state index in [1.807, 2.05) is 52.0 Å². The number of benzene rings is 2. The number of amides is 1. The van der Waals surface area contributed by atoms with Gasteiger partial charge in [0.15, 0.2) is 5.78 Å². The Morgan fingerprint density at radius 3 is 2.33 bits per heavy atom. The van der Waals surface area contributed by atoms with Gasteiger partial charge in [-0.3, -0.25) is 9.69 Å². The van der Waals surface area contributed by atoms with Crippen LogP contribution in [0.3, 0.4) is 0 Å². The molecule has 6 heteroatoms. The van der Waals surface area contributed by atoms with E-state index >= 15 is 0 Å². The molecule has 1 unspecified atom stereocenters. The Kier molecular flexibility index (Phi) is 8.35. The summed E-state index contributed by atoms with van der Waals surface area (Å²) in [6.07, 6.45) is 3.83. The number of hydrogen-bond donors (Lipinski definition) is 0. The van der Waals surface area contributed by atoms with Crippen LogP contribution in [0.1, 0.15) is 76.8 Å². The van der Waals surface area contributed by atoms with Crippen LogP contribution in [0.2, 0.25) is 0 Å². The molecule has 1 aliphatic carbocycles. The summed E-state index contributed by atoms with van der Waals surface area (Å²) in [5.41, 5.74) is 1.80. The fourth-order valence-corrected chi connectivity index (χ4v) is 5.24. The second-order valence-electron chi connectivity index (χ2n) is 11.0. The molecular weight excluding hydrogens is 454 g/mol. The zero-order valence-electron chi connectivity index (χ0n) is 21.9. The molecule has 2 fully saturated rings. The van der Waals surface area contributed by atoms with Crippen molar-refractivity contribution in [2.45, 2.75) is 96.1 Å². The van der Waals surface area contributed by atoms with E-state index in [0.29, 0.717) is 18.9 Å². The number of carbonyl (C=O) groups is 2. The van der Waals surface area contributed by atoms with Gasteiger partial charge in [-0.2, -0.15) is 0 Å². The number of ether oxygens (including phenoxy) is 3. The molecule has 1 saturated carbocycles. The Hall–Kier alpha value is -2.86. The van der Waals surface area contributed by atoms with Crippen molar-refractivity contribution in [2.75, 3.05) is 6.61 Å². The molecule has 0 N–H and O–H groups in total. The van der Waals surface area contributed by atoms with Crippen LogP contribution in [0.25, 0.3) is 0 Å². The Balaban J connectivity index is 1.30. The average Bonchev–Trinajstić information content (AvgIpc) is 3.14. The van der Waals surface area contributed by atoms with Crippen molar-refractivity contribution in [3.63, 3.8) is 0 Å². The highest BCUT2D eigenvalue weighted by atomic mass is 16.6. The summed E-state index contributed by atoms with van der Waals surface area (Å²) in [6.45, 7) is 8.18. The van der Waals surface area contributed by atoms with E-state index in [-0.39, 0.29) is 24.5 Å². The monoisotopic (exact) mass is 493 g/mol. The van der Waals surface area contributed by atoms with Gasteiger partial charge < -0.3 is 14.2 Å². The lowest BCUT2D eigenvalue weighted by molar-refractivity contribution is -0.122. The number of rotatable bonds is 7. The summed E-state index contributed by atoms with van der Waals surface area (Å²) >= 11 is 0. The van der Waals surface area contributed by atoms with Crippen LogP contribution in [0.5, 0.6) is 5.75 Å². The van der Waals surface area contributed by atoms with Crippen molar-refractivity contribution in [2.24, 2.45) is 0 Å². The lowest BCUT2D eigenvalue weighted by atomic mass is 9.82. The fraction of sp³-hybridized carbons (Fsp3) is 0.533. The predicted molar refractivity (Wildman–Crippen MR) is 139 cm³/mol. The smallest absolute Gasteiger partial charge is 0.411 e. The number of para-hydroxylation sites is 1. The Labute approximate surface area is 214 Å². The fourth-order valence-electron chi connectivity index (χ4n) is 5.24. The quantitative estimate of drug-likeness (QED) is 0.454. The molecule has 194 valence electrons. The molecule has 0 spiro atoms. The molecular formula is C30H39NO5. The minimum absolute atomic E-state index is 0.0477. The molecule has 2 aromatic rings. The summed E-state index contributed by atoms with van der Waals surface area (Å²) < 4.78 is 18.0. The van der Waals surface area contributed by atoms with E-state index in [1.165, 1.54) is 5.56 Å². The zero-order valence-corrected chi connectivity index (χ0v) is 21.9. The van der Waals surface area contributed by atoms with Crippen LogP contribution in [-0.2, 0) is 20.9 Å². The van der Waals surface area contributed by atoms with Crippen molar-refractivity contribution in [3.05, 3.63) is 65.7 Å². The minimum atomic E-state index is -0.604. The molecule has 2 atom stereocenters. The zero-order chi connectivity index (χ0) is 25.7. The van der Waals surface area contributed by atoms with Gasteiger partial charge in [-0.1, -0.05) is 48.5 Å². The highest BCUT2D eigenvalue weighted by Crippen LogP contribution is 2.39. The minimum Gasteiger partial charge on any atom is -0.489 e. The van der Waals surface area contributed by atoms with Crippen LogP contribution in [0.4, 0.5) is 4.79 Å². The summed E-state index contributed by atoms with van der Waals surface area (Å²) in [5.74, 6) is 1.42. The van der Waals surface area contributed by atoms with E-state index in [4.69, 9.17) is 14.2 Å². The molecule has 6 nitrogen and oxygen atoms in total. The molecule has 1 amide bonds. The Bertz CT molecular complexity index is 1020. The summed E-state index contributed by atoms with van der Waals surface area (Å²) in [6, 6.07) is 17.8. The number of likely N-dealkylation sites (tertiary alicyclic amines) is 1. The maximum absolute atomic E-state index is 12.7. The lowest BCUT2D eigenvalue weighted by Gasteiger charge is -2.33. The van der Waals surface area contributed by atoms with Gasteiger partial charge in [0.1, 0.15) is 24.0 Å². The third kappa shape index (κ3) is 6.67. The van der Waals surface area contributed by atoms with Crippen LogP contribution >= 0.6 is 0 Å². The van der Waals surface area contributed by atoms with E-state index in [9.17, 15) is 9.59 Å². The van der Waals surface area contributed by atoms with Crippen LogP contribution in [-0.4, -0.2) is 47.2 Å². The van der Waals surface area contributed by atoms with Crippen molar-refractivity contribution < 1.29 is 23.8 Å². The molecule has 0 radical (unpaired) electrons. The third-order valence-corrected chi connectivity index (χ3v) is 7.04. The second kappa shape index (κ2) is 11.5. The molecule has 1 heterocycles. The van der Waals surface area contributed by atoms with Gasteiger partial charge in [-0.25, -0.2) is 4.79 Å². The number of nitrogens with zero attached hydrogens (tertiary/aromatic N) is 1. The molecule has 1 saturated heterocycles. The van der Waals surface area contributed by atoms with E-state index in [0.717, 1.165) is 37.0 Å². The number of carbonyl (C=O) groups excluding carboxylic acids is 2. The van der Waals surface area contributed by atoms with Gasteiger partial charge in [0.2, 0.25) is 0 Å². The van der Waals surface area contributed by atoms with Crippen LogP contribution in [0, 0.1) is 0 Å². The number of Topliss-reactive ketones (excluding diaryl/α,β-unsaturated/α-hetero) is 1. The highest BCUT2D eigenvalue weighted by Gasteiger charge is 2.43. The van der Waals surface area contributed by atoms with E-state index < -0.39 is 17.7 Å². The van der Waals surface area contributed by atoms with Crippen LogP contribution < -0.4 is 4.74 Å². The van der Waals surface area contributed by atoms with Crippen molar-refractivity contribution >= 4 is 11.9 Å². The van der Waals surface area contributed by atoms with Crippen molar-refractivity contribution in [1.82, 2.24) is 4.90 Å². The number of ketones is 1. The molecule has 4 rings (SSSR count). The van der Waals surface area contributed by atoms with Crippen molar-refractivity contribution in [1.29, 1.82) is 0 Å². The van der Waals surface area contributed by atoms with Crippen LogP contribution in [0.15, 0.2) is 54.6 Å². The lowest BCUT2D eigenvalue weighted by Crippen LogP contribution is -2.47. The topological polar surface area (TPSA) is 65.1 Å². The SMILES string of the molecule is C[C@@H]1CC(=O)C(CO[C@H]2CC[C@@H](c3ccccc3OCc3ccccc3)CC2)N1C(=O)OC(C)(C)C. The first-order valence-electron chi connectivity index (χ1n) is 13.1. The molecule has 1 aliphatic heterocycles. The van der Waals surface area contributed by atoms with Gasteiger partial charge >= 0.3 is 6.09 Å². The standard InChI is InChI=1S/C30H39NO5/c1-21-18-27(32)26(31(21)29(33)36-30(2,3)4)20-34-24-16-14-23(15-17-24)25-12-8-9-13-28(25)35-19-22-10-6-5-7-11-22/h5-13,21,23-24,26H,14-20H2,1-4H3/t21-,23-,24+,26?/m1/s1. The first-order valence-corrected chi connectivity index (χ1v) is 13.1.